The highest BCUT2D eigenvalue weighted by atomic mass is 16.2. The van der Waals surface area contributed by atoms with Crippen molar-refractivity contribution >= 4 is 17.6 Å². The molecular weight excluding hydrogens is 290 g/mol. The summed E-state index contributed by atoms with van der Waals surface area (Å²) in [5, 5.41) is 8.54. The van der Waals surface area contributed by atoms with Crippen molar-refractivity contribution in [2.24, 2.45) is 0 Å². The molecule has 0 saturated carbocycles. The van der Waals surface area contributed by atoms with Crippen molar-refractivity contribution in [2.45, 2.75) is 52.1 Å². The van der Waals surface area contributed by atoms with Crippen molar-refractivity contribution in [1.29, 1.82) is 0 Å². The fourth-order valence-electron chi connectivity index (χ4n) is 2.15. The van der Waals surface area contributed by atoms with Gasteiger partial charge in [-0.3, -0.25) is 4.79 Å². The SMILES string of the molecule is C=CC[C@H](CC)NC(=O)Nc1ccc(CC(=O)NC(C)C)cc1. The van der Waals surface area contributed by atoms with E-state index >= 15 is 0 Å². The molecule has 0 aliphatic carbocycles. The van der Waals surface area contributed by atoms with Gasteiger partial charge in [0.05, 0.1) is 6.42 Å². The Balaban J connectivity index is 2.51. The third kappa shape index (κ3) is 7.49. The standard InChI is InChI=1S/C18H27N3O2/c1-5-7-15(6-2)20-18(23)21-16-10-8-14(9-11-16)12-17(22)19-13(3)4/h5,8-11,13,15H,1,6-7,12H2,2-4H3,(H,19,22)(H2,20,21,23)/t15-/m0/s1. The number of benzene rings is 1. The van der Waals surface area contributed by atoms with Crippen LogP contribution in [0.2, 0.25) is 0 Å². The molecule has 0 aliphatic rings. The molecule has 1 aromatic rings. The molecule has 3 amide bonds. The van der Waals surface area contributed by atoms with Gasteiger partial charge in [0.1, 0.15) is 0 Å². The zero-order valence-corrected chi connectivity index (χ0v) is 14.2. The van der Waals surface area contributed by atoms with E-state index in [2.05, 4.69) is 22.5 Å². The summed E-state index contributed by atoms with van der Waals surface area (Å²) in [6.07, 6.45) is 3.73. The Kier molecular flexibility index (Phi) is 7.88. The molecule has 5 nitrogen and oxygen atoms in total. The van der Waals surface area contributed by atoms with Gasteiger partial charge in [0.2, 0.25) is 5.91 Å². The highest BCUT2D eigenvalue weighted by molar-refractivity contribution is 5.89. The van der Waals surface area contributed by atoms with Crippen LogP contribution in [0.1, 0.15) is 39.2 Å². The Morgan fingerprint density at radius 3 is 2.35 bits per heavy atom. The average Bonchev–Trinajstić information content (AvgIpc) is 2.48. The molecule has 1 atom stereocenters. The molecule has 0 aromatic heterocycles. The second-order valence-corrected chi connectivity index (χ2v) is 5.82. The van der Waals surface area contributed by atoms with E-state index in [1.54, 1.807) is 18.2 Å². The molecule has 3 N–H and O–H groups in total. The highest BCUT2D eigenvalue weighted by Crippen LogP contribution is 2.10. The Labute approximate surface area is 138 Å². The third-order valence-electron chi connectivity index (χ3n) is 3.31. The highest BCUT2D eigenvalue weighted by Gasteiger charge is 2.09. The van der Waals surface area contributed by atoms with E-state index < -0.39 is 0 Å². The molecule has 1 rings (SSSR count). The van der Waals surface area contributed by atoms with Crippen LogP contribution < -0.4 is 16.0 Å². The minimum absolute atomic E-state index is 0.00587. The molecule has 0 unspecified atom stereocenters. The van der Waals surface area contributed by atoms with Crippen LogP contribution in [0.3, 0.4) is 0 Å². The molecule has 0 fully saturated rings. The number of amides is 3. The van der Waals surface area contributed by atoms with E-state index in [4.69, 9.17) is 0 Å². The van der Waals surface area contributed by atoms with Gasteiger partial charge in [0, 0.05) is 17.8 Å². The molecule has 23 heavy (non-hydrogen) atoms. The molecular formula is C18H27N3O2. The average molecular weight is 317 g/mol. The van der Waals surface area contributed by atoms with Crippen LogP contribution >= 0.6 is 0 Å². The van der Waals surface area contributed by atoms with Gasteiger partial charge in [-0.15, -0.1) is 6.58 Å². The monoisotopic (exact) mass is 317 g/mol. The van der Waals surface area contributed by atoms with Gasteiger partial charge >= 0.3 is 6.03 Å². The second kappa shape index (κ2) is 9.66. The maximum Gasteiger partial charge on any atom is 0.319 e. The summed E-state index contributed by atoms with van der Waals surface area (Å²) in [6, 6.07) is 7.27. The first kappa shape index (κ1) is 18.7. The predicted octanol–water partition coefficient (Wildman–Crippen LogP) is 3.23. The number of hydrogen-bond acceptors (Lipinski definition) is 2. The molecule has 0 radical (unpaired) electrons. The number of urea groups is 1. The number of hydrogen-bond donors (Lipinski definition) is 3. The van der Waals surface area contributed by atoms with Gasteiger partial charge < -0.3 is 16.0 Å². The molecule has 0 heterocycles. The first-order valence-electron chi connectivity index (χ1n) is 8.01. The Morgan fingerprint density at radius 2 is 1.83 bits per heavy atom. The van der Waals surface area contributed by atoms with E-state index in [0.717, 1.165) is 18.4 Å². The van der Waals surface area contributed by atoms with E-state index in [-0.39, 0.29) is 24.0 Å². The number of nitrogens with one attached hydrogen (secondary N) is 3. The van der Waals surface area contributed by atoms with Crippen molar-refractivity contribution in [3.05, 3.63) is 42.5 Å². The lowest BCUT2D eigenvalue weighted by Crippen LogP contribution is -2.37. The van der Waals surface area contributed by atoms with E-state index in [0.29, 0.717) is 12.1 Å². The van der Waals surface area contributed by atoms with Crippen LogP contribution in [0.5, 0.6) is 0 Å². The summed E-state index contributed by atoms with van der Waals surface area (Å²) in [7, 11) is 0. The lowest BCUT2D eigenvalue weighted by molar-refractivity contribution is -0.120. The van der Waals surface area contributed by atoms with Crippen molar-refractivity contribution in [2.75, 3.05) is 5.32 Å². The largest absolute Gasteiger partial charge is 0.354 e. The summed E-state index contributed by atoms with van der Waals surface area (Å²) < 4.78 is 0. The maximum atomic E-state index is 11.9. The van der Waals surface area contributed by atoms with Gasteiger partial charge in [0.25, 0.3) is 0 Å². The second-order valence-electron chi connectivity index (χ2n) is 5.82. The van der Waals surface area contributed by atoms with Crippen LogP contribution in [0.25, 0.3) is 0 Å². The zero-order chi connectivity index (χ0) is 17.2. The zero-order valence-electron chi connectivity index (χ0n) is 14.2. The minimum Gasteiger partial charge on any atom is -0.354 e. The van der Waals surface area contributed by atoms with E-state index in [1.165, 1.54) is 0 Å². The number of carbonyl (C=O) groups is 2. The smallest absolute Gasteiger partial charge is 0.319 e. The van der Waals surface area contributed by atoms with Crippen molar-refractivity contribution < 1.29 is 9.59 Å². The van der Waals surface area contributed by atoms with Crippen LogP contribution in [-0.4, -0.2) is 24.0 Å². The Hall–Kier alpha value is -2.30. The van der Waals surface area contributed by atoms with Crippen LogP contribution in [0.4, 0.5) is 10.5 Å². The van der Waals surface area contributed by atoms with E-state index in [9.17, 15) is 9.59 Å². The molecule has 5 heteroatoms. The number of carbonyl (C=O) groups excluding carboxylic acids is 2. The third-order valence-corrected chi connectivity index (χ3v) is 3.31. The Bertz CT molecular complexity index is 524. The van der Waals surface area contributed by atoms with Crippen LogP contribution in [-0.2, 0) is 11.2 Å². The summed E-state index contributed by atoms with van der Waals surface area (Å²) in [4.78, 5) is 23.6. The van der Waals surface area contributed by atoms with Gasteiger partial charge in [-0.25, -0.2) is 4.79 Å². The summed E-state index contributed by atoms with van der Waals surface area (Å²) >= 11 is 0. The maximum absolute atomic E-state index is 11.9. The predicted molar refractivity (Wildman–Crippen MR) is 94.5 cm³/mol. The first-order chi connectivity index (χ1) is 10.9. The van der Waals surface area contributed by atoms with Crippen molar-refractivity contribution in [3.63, 3.8) is 0 Å². The number of anilines is 1. The lowest BCUT2D eigenvalue weighted by atomic mass is 10.1. The minimum atomic E-state index is -0.232. The quantitative estimate of drug-likeness (QED) is 0.644. The topological polar surface area (TPSA) is 70.2 Å². The normalized spacial score (nSPS) is 11.7. The fraction of sp³-hybridized carbons (Fsp3) is 0.444. The van der Waals surface area contributed by atoms with E-state index in [1.807, 2.05) is 32.9 Å². The van der Waals surface area contributed by atoms with Crippen molar-refractivity contribution in [3.8, 4) is 0 Å². The number of rotatable bonds is 8. The van der Waals surface area contributed by atoms with Crippen LogP contribution in [0.15, 0.2) is 36.9 Å². The Morgan fingerprint density at radius 1 is 1.17 bits per heavy atom. The summed E-state index contributed by atoms with van der Waals surface area (Å²) in [5.74, 6) is -0.00587. The molecule has 0 saturated heterocycles. The lowest BCUT2D eigenvalue weighted by Gasteiger charge is -2.15. The summed E-state index contributed by atoms with van der Waals surface area (Å²) in [5.41, 5.74) is 1.61. The van der Waals surface area contributed by atoms with Crippen molar-refractivity contribution in [1.82, 2.24) is 10.6 Å². The van der Waals surface area contributed by atoms with Gasteiger partial charge in [-0.1, -0.05) is 25.1 Å². The summed E-state index contributed by atoms with van der Waals surface area (Å²) in [6.45, 7) is 9.57. The van der Waals surface area contributed by atoms with Gasteiger partial charge in [-0.05, 0) is 44.4 Å². The molecule has 0 spiro atoms. The first-order valence-corrected chi connectivity index (χ1v) is 8.01. The van der Waals surface area contributed by atoms with Crippen LogP contribution in [0, 0.1) is 0 Å². The molecule has 1 aromatic carbocycles. The molecule has 0 bridgehead atoms. The fourth-order valence-corrected chi connectivity index (χ4v) is 2.15. The van der Waals surface area contributed by atoms with Gasteiger partial charge in [-0.2, -0.15) is 0 Å². The van der Waals surface area contributed by atoms with Gasteiger partial charge in [0.15, 0.2) is 0 Å². The molecule has 126 valence electrons. The molecule has 0 aliphatic heterocycles.